The van der Waals surface area contributed by atoms with Crippen LogP contribution in [0.3, 0.4) is 0 Å². The van der Waals surface area contributed by atoms with Crippen molar-refractivity contribution in [3.8, 4) is 5.75 Å². The van der Waals surface area contributed by atoms with E-state index in [1.807, 2.05) is 49.4 Å². The molecule has 1 fully saturated rings. The lowest BCUT2D eigenvalue weighted by atomic mass is 10.1. The van der Waals surface area contributed by atoms with Crippen LogP contribution in [0.1, 0.15) is 11.3 Å². The van der Waals surface area contributed by atoms with Gasteiger partial charge in [-0.2, -0.15) is 0 Å². The van der Waals surface area contributed by atoms with E-state index >= 15 is 0 Å². The largest absolute Gasteiger partial charge is 0.490 e. The molecule has 1 amide bonds. The maximum atomic E-state index is 12.6. The summed E-state index contributed by atoms with van der Waals surface area (Å²) in [6.45, 7) is 3.20. The number of rotatable bonds is 5. The number of β-amino-alcohol motifs (C(OH)–C–C–N with tert-alkyl or cyclic N) is 1. The second-order valence-electron chi connectivity index (χ2n) is 6.69. The Bertz CT molecular complexity index is 720. The normalized spacial score (nSPS) is 20.5. The lowest BCUT2D eigenvalue weighted by Crippen LogP contribution is -2.50. The third-order valence-electron chi connectivity index (χ3n) is 4.30. The Morgan fingerprint density at radius 2 is 2.12 bits per heavy atom. The number of carbonyl (C=O) groups is 1. The molecule has 1 saturated heterocycles. The van der Waals surface area contributed by atoms with Gasteiger partial charge in [0.05, 0.1) is 26.2 Å². The van der Waals surface area contributed by atoms with Crippen molar-refractivity contribution < 1.29 is 19.4 Å². The molecule has 1 aliphatic heterocycles. The number of aliphatic hydroxyl groups is 1. The molecule has 1 aromatic heterocycles. The molecule has 0 spiro atoms. The molecule has 0 radical (unpaired) electrons. The van der Waals surface area contributed by atoms with Crippen molar-refractivity contribution in [2.24, 2.45) is 0 Å². The number of benzene rings is 1. The van der Waals surface area contributed by atoms with Crippen molar-refractivity contribution in [2.45, 2.75) is 18.9 Å². The minimum atomic E-state index is -1.25. The molecule has 2 heterocycles. The van der Waals surface area contributed by atoms with Crippen LogP contribution in [0.4, 0.5) is 0 Å². The average Bonchev–Trinajstić information content (AvgIpc) is 2.84. The zero-order chi connectivity index (χ0) is 18.4. The smallest absolute Gasteiger partial charge is 0.228 e. The number of ether oxygens (including phenoxy) is 2. The quantitative estimate of drug-likeness (QED) is 0.881. The van der Waals surface area contributed by atoms with Crippen molar-refractivity contribution in [3.05, 3.63) is 59.9 Å². The van der Waals surface area contributed by atoms with E-state index in [-0.39, 0.29) is 32.1 Å². The first-order valence-corrected chi connectivity index (χ1v) is 8.71. The summed E-state index contributed by atoms with van der Waals surface area (Å²) in [6.07, 6.45) is 1.87. The number of hydrogen-bond donors (Lipinski definition) is 1. The highest BCUT2D eigenvalue weighted by Gasteiger charge is 2.35. The van der Waals surface area contributed by atoms with Crippen LogP contribution in [0.25, 0.3) is 0 Å². The Labute approximate surface area is 153 Å². The summed E-state index contributed by atoms with van der Waals surface area (Å²) in [4.78, 5) is 18.4. The highest BCUT2D eigenvalue weighted by molar-refractivity contribution is 5.78. The monoisotopic (exact) mass is 356 g/mol. The van der Waals surface area contributed by atoms with E-state index in [1.54, 1.807) is 11.1 Å². The third-order valence-corrected chi connectivity index (χ3v) is 4.30. The number of nitrogens with zero attached hydrogens (tertiary/aromatic N) is 2. The molecule has 1 N–H and O–H groups in total. The molecular weight excluding hydrogens is 332 g/mol. The summed E-state index contributed by atoms with van der Waals surface area (Å²) < 4.78 is 11.2. The van der Waals surface area contributed by atoms with Crippen LogP contribution in [0.15, 0.2) is 48.7 Å². The summed E-state index contributed by atoms with van der Waals surface area (Å²) >= 11 is 0. The van der Waals surface area contributed by atoms with Crippen LogP contribution in [-0.2, 0) is 16.0 Å². The summed E-state index contributed by atoms with van der Waals surface area (Å²) in [5, 5.41) is 10.9. The summed E-state index contributed by atoms with van der Waals surface area (Å²) in [6, 6.07) is 13.1. The van der Waals surface area contributed by atoms with Gasteiger partial charge in [0.1, 0.15) is 18.0 Å². The average molecular weight is 356 g/mol. The van der Waals surface area contributed by atoms with Crippen molar-refractivity contribution >= 4 is 5.91 Å². The first kappa shape index (κ1) is 18.4. The zero-order valence-electron chi connectivity index (χ0n) is 14.9. The predicted molar refractivity (Wildman–Crippen MR) is 97.0 cm³/mol. The molecule has 1 aromatic carbocycles. The van der Waals surface area contributed by atoms with Crippen molar-refractivity contribution in [1.82, 2.24) is 9.88 Å². The third kappa shape index (κ3) is 5.03. The van der Waals surface area contributed by atoms with Crippen molar-refractivity contribution in [1.29, 1.82) is 0 Å². The summed E-state index contributed by atoms with van der Waals surface area (Å²) in [7, 11) is 0. The van der Waals surface area contributed by atoms with E-state index in [0.29, 0.717) is 24.6 Å². The van der Waals surface area contributed by atoms with E-state index in [0.717, 1.165) is 5.56 Å². The molecular formula is C20H24N2O4. The molecule has 0 bridgehead atoms. The summed E-state index contributed by atoms with van der Waals surface area (Å²) in [5.41, 5.74) is 0.600. The van der Waals surface area contributed by atoms with Crippen LogP contribution in [0.5, 0.6) is 5.75 Å². The number of pyridine rings is 1. The van der Waals surface area contributed by atoms with Crippen LogP contribution in [-0.4, -0.2) is 59.4 Å². The molecule has 0 aliphatic carbocycles. The van der Waals surface area contributed by atoms with Crippen LogP contribution in [0.2, 0.25) is 0 Å². The highest BCUT2D eigenvalue weighted by Crippen LogP contribution is 2.18. The molecule has 6 heteroatoms. The lowest BCUT2D eigenvalue weighted by molar-refractivity contribution is -0.134. The summed E-state index contributed by atoms with van der Waals surface area (Å²) in [5.74, 6) is 0.600. The van der Waals surface area contributed by atoms with Gasteiger partial charge in [-0.05, 0) is 31.2 Å². The maximum Gasteiger partial charge on any atom is 0.228 e. The first-order chi connectivity index (χ1) is 12.5. The van der Waals surface area contributed by atoms with E-state index in [9.17, 15) is 9.90 Å². The van der Waals surface area contributed by atoms with Gasteiger partial charge < -0.3 is 19.5 Å². The zero-order valence-corrected chi connectivity index (χ0v) is 14.9. The predicted octanol–water partition coefficient (Wildman–Crippen LogP) is 1.60. The molecule has 0 unspecified atom stereocenters. The number of carbonyl (C=O) groups excluding carboxylic acids is 1. The minimum Gasteiger partial charge on any atom is -0.490 e. The van der Waals surface area contributed by atoms with Crippen LogP contribution < -0.4 is 4.74 Å². The van der Waals surface area contributed by atoms with E-state index < -0.39 is 5.60 Å². The molecule has 3 rings (SSSR count). The second kappa shape index (κ2) is 8.29. The van der Waals surface area contributed by atoms with Gasteiger partial charge in [-0.3, -0.25) is 9.78 Å². The van der Waals surface area contributed by atoms with E-state index in [4.69, 9.17) is 9.47 Å². The molecule has 6 nitrogen and oxygen atoms in total. The minimum absolute atomic E-state index is 0.0590. The molecule has 1 aliphatic rings. The van der Waals surface area contributed by atoms with Gasteiger partial charge in [0.15, 0.2) is 0 Å². The fraction of sp³-hybridized carbons (Fsp3) is 0.400. The van der Waals surface area contributed by atoms with Crippen LogP contribution in [0, 0.1) is 6.92 Å². The maximum absolute atomic E-state index is 12.6. The Kier molecular flexibility index (Phi) is 5.85. The Balaban J connectivity index is 1.61. The first-order valence-electron chi connectivity index (χ1n) is 8.71. The standard InChI is InChI=1S/C20H24N2O4/c1-16-5-7-18(8-6-16)26-15-20(24)13-22(10-11-25-14-20)19(23)12-17-4-2-3-9-21-17/h2-9,24H,10-15H2,1H3/t20-/m1/s1. The molecule has 0 saturated carbocycles. The number of aryl methyl sites for hydroxylation is 1. The van der Waals surface area contributed by atoms with Gasteiger partial charge in [0.2, 0.25) is 5.91 Å². The number of amides is 1. The number of hydrogen-bond acceptors (Lipinski definition) is 5. The SMILES string of the molecule is Cc1ccc(OC[C@]2(O)COCCN(C(=O)Cc3ccccn3)C2)cc1. The molecule has 26 heavy (non-hydrogen) atoms. The fourth-order valence-corrected chi connectivity index (χ4v) is 2.84. The van der Waals surface area contributed by atoms with Crippen molar-refractivity contribution in [3.63, 3.8) is 0 Å². The Morgan fingerprint density at radius 3 is 2.85 bits per heavy atom. The second-order valence-corrected chi connectivity index (χ2v) is 6.69. The van der Waals surface area contributed by atoms with Gasteiger partial charge in [0, 0.05) is 18.4 Å². The molecule has 2 aromatic rings. The number of aromatic nitrogens is 1. The van der Waals surface area contributed by atoms with Gasteiger partial charge in [0.25, 0.3) is 0 Å². The molecule has 1 atom stereocenters. The fourth-order valence-electron chi connectivity index (χ4n) is 2.84. The Morgan fingerprint density at radius 1 is 1.31 bits per heavy atom. The van der Waals surface area contributed by atoms with E-state index in [2.05, 4.69) is 4.98 Å². The van der Waals surface area contributed by atoms with Crippen molar-refractivity contribution in [2.75, 3.05) is 32.9 Å². The van der Waals surface area contributed by atoms with Gasteiger partial charge in [-0.1, -0.05) is 23.8 Å². The van der Waals surface area contributed by atoms with Gasteiger partial charge in [-0.15, -0.1) is 0 Å². The topological polar surface area (TPSA) is 71.9 Å². The molecule has 138 valence electrons. The van der Waals surface area contributed by atoms with Crippen LogP contribution >= 0.6 is 0 Å². The van der Waals surface area contributed by atoms with Gasteiger partial charge >= 0.3 is 0 Å². The van der Waals surface area contributed by atoms with E-state index in [1.165, 1.54) is 0 Å². The Hall–Kier alpha value is -2.44. The highest BCUT2D eigenvalue weighted by atomic mass is 16.5. The lowest BCUT2D eigenvalue weighted by Gasteiger charge is -2.30. The van der Waals surface area contributed by atoms with Gasteiger partial charge in [-0.25, -0.2) is 0 Å².